The average molecular weight is 582 g/mol. The molecule has 0 unspecified atom stereocenters. The molecule has 1 fully saturated rings. The van der Waals surface area contributed by atoms with Gasteiger partial charge in [0.25, 0.3) is 0 Å². The molecule has 1 aliphatic rings. The van der Waals surface area contributed by atoms with Gasteiger partial charge in [-0.15, -0.1) is 0 Å². The van der Waals surface area contributed by atoms with E-state index in [-0.39, 0.29) is 12.5 Å². The van der Waals surface area contributed by atoms with Gasteiger partial charge < -0.3 is 36.0 Å². The summed E-state index contributed by atoms with van der Waals surface area (Å²) in [6.45, 7) is 5.13. The van der Waals surface area contributed by atoms with Crippen LogP contribution in [0.15, 0.2) is 61.1 Å². The zero-order valence-electron chi connectivity index (χ0n) is 23.2. The van der Waals surface area contributed by atoms with Crippen molar-refractivity contribution in [3.63, 3.8) is 0 Å². The quantitative estimate of drug-likeness (QED) is 0.208. The van der Waals surface area contributed by atoms with Crippen molar-refractivity contribution in [1.82, 2.24) is 24.8 Å². The number of aromatic nitrogens is 3. The van der Waals surface area contributed by atoms with Crippen LogP contribution in [0.5, 0.6) is 0 Å². The zero-order valence-corrected chi connectivity index (χ0v) is 23.2. The number of anilines is 1. The van der Waals surface area contributed by atoms with Crippen LogP contribution in [-0.2, 0) is 27.5 Å². The molecule has 1 aliphatic heterocycles. The third kappa shape index (κ3) is 9.27. The second kappa shape index (κ2) is 15.5. The molecule has 0 bridgehead atoms. The number of likely N-dealkylation sites (N-methyl/N-ethyl adjacent to an activating group) is 1. The second-order valence-electron chi connectivity index (χ2n) is 9.57. The van der Waals surface area contributed by atoms with Crippen LogP contribution in [0.3, 0.4) is 0 Å². The maximum atomic E-state index is 11.7. The van der Waals surface area contributed by atoms with Crippen LogP contribution in [0.2, 0.25) is 0 Å². The fraction of sp³-hybridized carbons (Fsp3) is 0.357. The summed E-state index contributed by atoms with van der Waals surface area (Å²) in [6, 6.07) is 14.2. The Morgan fingerprint density at radius 1 is 0.905 bits per heavy atom. The minimum absolute atomic E-state index is 0.0245. The lowest BCUT2D eigenvalue weighted by Gasteiger charge is -2.34. The van der Waals surface area contributed by atoms with E-state index in [2.05, 4.69) is 44.0 Å². The van der Waals surface area contributed by atoms with E-state index >= 15 is 0 Å². The molecule has 6 N–H and O–H groups in total. The molecular formula is C28H35N7O7. The largest absolute Gasteiger partial charge is 0.479 e. The lowest BCUT2D eigenvalue weighted by Crippen LogP contribution is -2.46. The zero-order chi connectivity index (χ0) is 30.6. The summed E-state index contributed by atoms with van der Waals surface area (Å²) in [5.74, 6) is -2.81. The van der Waals surface area contributed by atoms with Crippen molar-refractivity contribution >= 4 is 23.8 Å². The fourth-order valence-electron chi connectivity index (χ4n) is 4.12. The lowest BCUT2D eigenvalue weighted by atomic mass is 10.0. The number of aliphatic hydroxyl groups is 2. The first kappa shape index (κ1) is 32.0. The molecule has 4 rings (SSSR count). The number of piperazine rings is 1. The Kier molecular flexibility index (Phi) is 11.8. The monoisotopic (exact) mass is 581 g/mol. The second-order valence-corrected chi connectivity index (χ2v) is 9.57. The van der Waals surface area contributed by atoms with Crippen LogP contribution >= 0.6 is 0 Å². The highest BCUT2D eigenvalue weighted by molar-refractivity contribution is 5.83. The van der Waals surface area contributed by atoms with Crippen LogP contribution in [0.1, 0.15) is 11.3 Å². The average Bonchev–Trinajstić information content (AvgIpc) is 3.01. The SMILES string of the molecule is CN(Cc1cccc(-c2ccc(CN3CCN(c4ncccn4)CC3)nc2)c1)C(=O)CN.O=C(O)[C@H](O)[C@@H](O)C(=O)O. The van der Waals surface area contributed by atoms with E-state index in [0.29, 0.717) is 6.54 Å². The Morgan fingerprint density at radius 2 is 1.55 bits per heavy atom. The number of amides is 1. The molecule has 0 aliphatic carbocycles. The van der Waals surface area contributed by atoms with Crippen LogP contribution in [0.25, 0.3) is 11.1 Å². The van der Waals surface area contributed by atoms with Crippen molar-refractivity contribution in [1.29, 1.82) is 0 Å². The van der Waals surface area contributed by atoms with E-state index in [9.17, 15) is 14.4 Å². The summed E-state index contributed by atoms with van der Waals surface area (Å²) in [7, 11) is 1.77. The highest BCUT2D eigenvalue weighted by atomic mass is 16.4. The van der Waals surface area contributed by atoms with Gasteiger partial charge in [-0.1, -0.05) is 24.3 Å². The number of hydrogen-bond donors (Lipinski definition) is 5. The van der Waals surface area contributed by atoms with Crippen LogP contribution in [0.4, 0.5) is 5.95 Å². The molecule has 1 amide bonds. The normalized spacial score (nSPS) is 14.7. The maximum absolute atomic E-state index is 11.7. The molecule has 2 atom stereocenters. The van der Waals surface area contributed by atoms with E-state index in [4.69, 9.17) is 31.1 Å². The Balaban J connectivity index is 0.000000416. The van der Waals surface area contributed by atoms with E-state index in [1.807, 2.05) is 24.4 Å². The van der Waals surface area contributed by atoms with Crippen LogP contribution < -0.4 is 10.6 Å². The van der Waals surface area contributed by atoms with Gasteiger partial charge in [-0.05, 0) is 29.3 Å². The summed E-state index contributed by atoms with van der Waals surface area (Å²) in [5, 5.41) is 32.5. The molecule has 3 aromatic rings. The number of carbonyl (C=O) groups excluding carboxylic acids is 1. The number of nitrogens with zero attached hydrogens (tertiary/aromatic N) is 6. The summed E-state index contributed by atoms with van der Waals surface area (Å²) < 4.78 is 0. The maximum Gasteiger partial charge on any atom is 0.335 e. The topological polar surface area (TPSA) is 207 Å². The van der Waals surface area contributed by atoms with E-state index in [1.165, 1.54) is 0 Å². The van der Waals surface area contributed by atoms with Gasteiger partial charge in [0.2, 0.25) is 11.9 Å². The van der Waals surface area contributed by atoms with E-state index in [0.717, 1.165) is 61.1 Å². The number of aliphatic carboxylic acids is 2. The summed E-state index contributed by atoms with van der Waals surface area (Å²) in [6.07, 6.45) is 0.966. The van der Waals surface area contributed by atoms with Crippen molar-refractivity contribution in [3.05, 3.63) is 72.3 Å². The van der Waals surface area contributed by atoms with Crippen molar-refractivity contribution in [2.75, 3.05) is 44.7 Å². The number of carboxylic acids is 2. The minimum Gasteiger partial charge on any atom is -0.479 e. The number of hydrogen-bond acceptors (Lipinski definition) is 11. The Hall–Kier alpha value is -4.50. The Labute approximate surface area is 242 Å². The molecule has 2 aromatic heterocycles. The van der Waals surface area contributed by atoms with Gasteiger partial charge in [0.05, 0.1) is 12.2 Å². The number of aliphatic hydroxyl groups excluding tert-OH is 2. The molecular weight excluding hydrogens is 546 g/mol. The van der Waals surface area contributed by atoms with Gasteiger partial charge in [0, 0.05) is 70.5 Å². The van der Waals surface area contributed by atoms with Crippen molar-refractivity contribution < 1.29 is 34.8 Å². The van der Waals surface area contributed by atoms with Gasteiger partial charge >= 0.3 is 11.9 Å². The van der Waals surface area contributed by atoms with Crippen LogP contribution in [-0.4, -0.2) is 115 Å². The highest BCUT2D eigenvalue weighted by Crippen LogP contribution is 2.21. The van der Waals surface area contributed by atoms with Gasteiger partial charge in [-0.25, -0.2) is 19.6 Å². The highest BCUT2D eigenvalue weighted by Gasteiger charge is 2.29. The fourth-order valence-corrected chi connectivity index (χ4v) is 4.12. The number of nitrogens with two attached hydrogens (primary N) is 1. The van der Waals surface area contributed by atoms with E-state index < -0.39 is 24.1 Å². The van der Waals surface area contributed by atoms with Crippen molar-refractivity contribution in [2.45, 2.75) is 25.3 Å². The minimum atomic E-state index is -2.27. The standard InChI is InChI=1S/C24H29N7O.C4H6O6/c1-29(23(32)15-25)17-19-4-2-5-20(14-19)21-6-7-22(28-16-21)18-30-10-12-31(13-11-30)24-26-8-3-9-27-24;5-1(3(7)8)2(6)4(9)10/h2-9,14,16H,10-13,15,17-18,25H2,1H3;1-2,5-6H,(H,7,8)(H,9,10)/t;1-,2-/m.1/s1. The van der Waals surface area contributed by atoms with Gasteiger partial charge in [-0.3, -0.25) is 14.7 Å². The number of rotatable bonds is 10. The van der Waals surface area contributed by atoms with Gasteiger partial charge in [0.15, 0.2) is 12.2 Å². The third-order valence-electron chi connectivity index (χ3n) is 6.50. The van der Waals surface area contributed by atoms with Gasteiger partial charge in [-0.2, -0.15) is 0 Å². The predicted molar refractivity (Wildman–Crippen MR) is 152 cm³/mol. The molecule has 3 heterocycles. The lowest BCUT2D eigenvalue weighted by molar-refractivity contribution is -0.165. The first-order valence-electron chi connectivity index (χ1n) is 13.1. The molecule has 0 spiro atoms. The van der Waals surface area contributed by atoms with E-state index in [1.54, 1.807) is 24.3 Å². The third-order valence-corrected chi connectivity index (χ3v) is 6.50. The molecule has 0 radical (unpaired) electrons. The molecule has 224 valence electrons. The molecule has 1 saturated heterocycles. The summed E-state index contributed by atoms with van der Waals surface area (Å²) >= 11 is 0. The molecule has 1 aromatic carbocycles. The first-order valence-corrected chi connectivity index (χ1v) is 13.1. The van der Waals surface area contributed by atoms with Crippen molar-refractivity contribution in [3.8, 4) is 11.1 Å². The molecule has 0 saturated carbocycles. The molecule has 14 heteroatoms. The molecule has 42 heavy (non-hydrogen) atoms. The van der Waals surface area contributed by atoms with Gasteiger partial charge in [0.1, 0.15) is 0 Å². The first-order chi connectivity index (χ1) is 20.1. The summed E-state index contributed by atoms with van der Waals surface area (Å²) in [4.78, 5) is 50.9. The van der Waals surface area contributed by atoms with Crippen LogP contribution in [0, 0.1) is 0 Å². The number of carbonyl (C=O) groups is 3. The predicted octanol–water partition coefficient (Wildman–Crippen LogP) is -0.345. The van der Waals surface area contributed by atoms with Crippen molar-refractivity contribution in [2.24, 2.45) is 5.73 Å². The smallest absolute Gasteiger partial charge is 0.335 e. The summed E-state index contributed by atoms with van der Waals surface area (Å²) in [5.41, 5.74) is 9.73. The molecule has 14 nitrogen and oxygen atoms in total. The number of carboxylic acid groups (broad SMARTS) is 2. The Bertz CT molecular complexity index is 1300. The Morgan fingerprint density at radius 3 is 2.10 bits per heavy atom. The number of benzene rings is 1. The number of pyridine rings is 1.